The average Bonchev–Trinajstić information content (AvgIpc) is 0.861. The fraction of sp³-hybridized carbons (Fsp3) is 0.778. The standard InChI is InChI=1S/C33H54N2O16.C24H40N2O12.C24H48N2O4.C18H28N2O8/c1-24(36)11-44-8-7-32(19-47-12-25(2)37,20-48-13-26(3)38)34-30(42)17-45-9-10-46-18-31(43)35-33(21-49-14-27(4)39,22-50-15-28(5)40)23-51-16-29(6)41;1-17(27)7-35-11-21(12-36-8-18(2)28)25-23(31)15-33-5-6-34-16-24(32)26-22(13-37-9-19(3)29)14-38-10-20(4)30;1-7-13-23(11-5,14-8-2)25-21(27)19-29-17-18-30-20-22(28)26-24(12-6,15-9-3)16-10-4;1-11(21)7-15(13(3)23)19-17(25)9-27-5-6-28-10-18(26)20-16(14(4)24)8-12(2)22/h7-23H2,1-6H3,(H,34,42)(H,35,43);21-22H,5-16H2,1-4H3,(H,25,31)(H,26,32);7-20H2,1-6H3,(H,25,27)(H,26,28);15-16H,5-10H2,1-4H3,(H,19,25)(H,20,26). The summed E-state index contributed by atoms with van der Waals surface area (Å²) in [5.41, 5.74) is -2.86. The molecule has 0 spiro atoms. The zero-order valence-corrected chi connectivity index (χ0v) is 90.3. The molecule has 48 heteroatoms. The SMILES string of the molecule is CC(=O)CC(NC(=O)COCCOCC(=O)NC(CC(C)=O)C(C)=O)C(C)=O.CC(=O)COCC(COCC(C)=O)NC(=O)COCCOCC(=O)NC(COCC(C)=O)COCC(C)=O.CC(=O)COCCC(COCC(C)=O)(COCC(C)=O)NC(=O)COCCOCC(=O)NC(COCC(C)=O)(COCC(C)=O)COCC(C)=O.CCCC(CC)(CCC)NC(=O)COCCOCC(=O)NC(CC)(CCC)CCC. The van der Waals surface area contributed by atoms with Gasteiger partial charge in [-0.25, -0.2) is 0 Å². The molecule has 48 nitrogen and oxygen atoms in total. The first-order valence-electron chi connectivity index (χ1n) is 49.1. The number of Topliss-reactive ketones (excluding diaryl/α,β-unsaturated/α-hetero) is 14. The average molecular weight is 2110 g/mol. The van der Waals surface area contributed by atoms with Gasteiger partial charge in [-0.15, -0.1) is 0 Å². The van der Waals surface area contributed by atoms with Crippen LogP contribution in [0.1, 0.15) is 222 Å². The fourth-order valence-corrected chi connectivity index (χ4v) is 13.2. The third-order valence-corrected chi connectivity index (χ3v) is 19.6. The summed E-state index contributed by atoms with van der Waals surface area (Å²) in [4.78, 5) is 255. The van der Waals surface area contributed by atoms with Crippen molar-refractivity contribution in [3.8, 4) is 0 Å². The van der Waals surface area contributed by atoms with Gasteiger partial charge in [-0.1, -0.05) is 67.2 Å². The lowest BCUT2D eigenvalue weighted by molar-refractivity contribution is -0.137. The summed E-state index contributed by atoms with van der Waals surface area (Å²) in [7, 11) is 0. The van der Waals surface area contributed by atoms with E-state index in [2.05, 4.69) is 84.1 Å². The maximum absolute atomic E-state index is 12.9. The Hall–Kier alpha value is -9.58. The zero-order chi connectivity index (χ0) is 112. The molecule has 0 aromatic heterocycles. The molecular weight excluding hydrogens is 1940 g/mol. The molecule has 0 aromatic rings. The molecule has 0 rings (SSSR count). The normalized spacial score (nSPS) is 11.7. The molecule has 0 saturated heterocycles. The lowest BCUT2D eigenvalue weighted by Gasteiger charge is -2.34. The van der Waals surface area contributed by atoms with Crippen molar-refractivity contribution in [3.05, 3.63) is 0 Å². The van der Waals surface area contributed by atoms with Crippen LogP contribution in [0.3, 0.4) is 0 Å². The largest absolute Gasteiger partial charge is 0.374 e. The molecule has 0 aliphatic heterocycles. The number of hydrogen-bond acceptors (Lipinski definition) is 40. The quantitative estimate of drug-likeness (QED) is 0.0394. The molecule has 0 aromatic carbocycles. The molecule has 2 atom stereocenters. The van der Waals surface area contributed by atoms with E-state index in [9.17, 15) is 105 Å². The van der Waals surface area contributed by atoms with Crippen molar-refractivity contribution >= 4 is 128 Å². The fourth-order valence-electron chi connectivity index (χ4n) is 13.2. The number of hydrogen-bond donors (Lipinski definition) is 8. The van der Waals surface area contributed by atoms with Gasteiger partial charge in [-0.2, -0.15) is 0 Å². The lowest BCUT2D eigenvalue weighted by Crippen LogP contribution is -2.59. The topological polar surface area (TPSA) is 638 Å². The van der Waals surface area contributed by atoms with Gasteiger partial charge in [0.15, 0.2) is 69.4 Å². The molecule has 0 aliphatic carbocycles. The molecule has 0 aliphatic rings. The van der Waals surface area contributed by atoms with Crippen molar-refractivity contribution < 1.29 is 191 Å². The van der Waals surface area contributed by atoms with Crippen molar-refractivity contribution in [1.29, 1.82) is 0 Å². The van der Waals surface area contributed by atoms with Gasteiger partial charge in [0.05, 0.1) is 142 Å². The molecule has 0 saturated carbocycles. The molecule has 0 heterocycles. The Morgan fingerprint density at radius 3 is 0.578 bits per heavy atom. The monoisotopic (exact) mass is 2110 g/mol. The van der Waals surface area contributed by atoms with Gasteiger partial charge in [0, 0.05) is 30.5 Å². The molecule has 8 amide bonds. The highest BCUT2D eigenvalue weighted by Gasteiger charge is 2.37. The van der Waals surface area contributed by atoms with Crippen LogP contribution in [-0.4, -0.2) is 412 Å². The number of carbonyl (C=O) groups excluding carboxylic acids is 22. The smallest absolute Gasteiger partial charge is 0.246 e. The van der Waals surface area contributed by atoms with Crippen LogP contribution in [-0.2, 0) is 191 Å². The van der Waals surface area contributed by atoms with E-state index in [1.807, 2.05) is 0 Å². The highest BCUT2D eigenvalue weighted by molar-refractivity contribution is 5.93. The predicted octanol–water partition coefficient (Wildman–Crippen LogP) is 1.04. The van der Waals surface area contributed by atoms with E-state index in [-0.39, 0.29) is 335 Å². The number of ether oxygens (including phenoxy) is 18. The van der Waals surface area contributed by atoms with Crippen molar-refractivity contribution in [3.63, 3.8) is 0 Å². The van der Waals surface area contributed by atoms with E-state index in [1.165, 1.54) is 96.9 Å². The first-order valence-corrected chi connectivity index (χ1v) is 49.1. The summed E-state index contributed by atoms with van der Waals surface area (Å²) in [6, 6.07) is -2.93. The van der Waals surface area contributed by atoms with Gasteiger partial charge in [0.25, 0.3) is 0 Å². The second-order valence-corrected chi connectivity index (χ2v) is 35.6. The summed E-state index contributed by atoms with van der Waals surface area (Å²) >= 11 is 0. The first-order chi connectivity index (χ1) is 69.4. The number of amides is 8. The third-order valence-electron chi connectivity index (χ3n) is 19.6. The Balaban J connectivity index is -0.000000955. The highest BCUT2D eigenvalue weighted by Crippen LogP contribution is 2.25. The zero-order valence-electron chi connectivity index (χ0n) is 90.3. The van der Waals surface area contributed by atoms with Gasteiger partial charge in [-0.3, -0.25) is 105 Å². The van der Waals surface area contributed by atoms with Crippen molar-refractivity contribution in [1.82, 2.24) is 42.5 Å². The van der Waals surface area contributed by atoms with Crippen LogP contribution in [0, 0.1) is 0 Å². The van der Waals surface area contributed by atoms with Crippen LogP contribution in [0.15, 0.2) is 0 Å². The van der Waals surface area contributed by atoms with Crippen LogP contribution >= 0.6 is 0 Å². The number of carbonyl (C=O) groups is 22. The van der Waals surface area contributed by atoms with E-state index in [4.69, 9.17) is 85.3 Å². The molecule has 147 heavy (non-hydrogen) atoms. The van der Waals surface area contributed by atoms with Gasteiger partial charge < -0.3 is 128 Å². The summed E-state index contributed by atoms with van der Waals surface area (Å²) < 4.78 is 95.8. The molecule has 2 unspecified atom stereocenters. The van der Waals surface area contributed by atoms with E-state index >= 15 is 0 Å². The summed E-state index contributed by atoms with van der Waals surface area (Å²) in [6.07, 6.45) is 9.90. The molecule has 0 fully saturated rings. The van der Waals surface area contributed by atoms with Crippen LogP contribution in [0.5, 0.6) is 0 Å². The first kappa shape index (κ1) is 144. The molecular formula is C99H170N8O40. The number of nitrogens with one attached hydrogen (secondary N) is 8. The van der Waals surface area contributed by atoms with Gasteiger partial charge in [0.1, 0.15) is 136 Å². The van der Waals surface area contributed by atoms with Gasteiger partial charge >= 0.3 is 0 Å². The summed E-state index contributed by atoms with van der Waals surface area (Å²) in [5, 5.41) is 21.9. The Morgan fingerprint density at radius 2 is 0.374 bits per heavy atom. The number of rotatable bonds is 93. The van der Waals surface area contributed by atoms with Crippen LogP contribution in [0.2, 0.25) is 0 Å². The second kappa shape index (κ2) is 89.3. The van der Waals surface area contributed by atoms with Crippen LogP contribution in [0.4, 0.5) is 0 Å². The van der Waals surface area contributed by atoms with Gasteiger partial charge in [-0.05, 0) is 142 Å². The van der Waals surface area contributed by atoms with Gasteiger partial charge in [0.2, 0.25) is 47.3 Å². The summed E-state index contributed by atoms with van der Waals surface area (Å²) in [6.45, 7) is 27.0. The van der Waals surface area contributed by atoms with Crippen molar-refractivity contribution in [2.24, 2.45) is 0 Å². The Kier molecular flexibility index (Phi) is 87.2. The second-order valence-electron chi connectivity index (χ2n) is 35.6. The highest BCUT2D eigenvalue weighted by atomic mass is 16.6. The predicted molar refractivity (Wildman–Crippen MR) is 530 cm³/mol. The Bertz CT molecular complexity index is 3640. The molecule has 0 bridgehead atoms. The maximum Gasteiger partial charge on any atom is 0.246 e. The van der Waals surface area contributed by atoms with Crippen LogP contribution in [0.25, 0.3) is 0 Å². The lowest BCUT2D eigenvalue weighted by atomic mass is 9.86. The minimum atomic E-state index is -1.37. The van der Waals surface area contributed by atoms with Crippen molar-refractivity contribution in [2.45, 2.75) is 268 Å². The molecule has 846 valence electrons. The van der Waals surface area contributed by atoms with E-state index in [0.29, 0.717) is 13.2 Å². The van der Waals surface area contributed by atoms with E-state index in [0.717, 1.165) is 64.2 Å². The number of ketones is 14. The maximum atomic E-state index is 12.9. The molecule has 0 radical (unpaired) electrons. The Labute approximate surface area is 864 Å². The molecule has 8 N–H and O–H groups in total. The minimum Gasteiger partial charge on any atom is -0.374 e. The van der Waals surface area contributed by atoms with Crippen LogP contribution < -0.4 is 42.5 Å². The van der Waals surface area contributed by atoms with E-state index in [1.54, 1.807) is 0 Å². The Morgan fingerprint density at radius 1 is 0.190 bits per heavy atom. The van der Waals surface area contributed by atoms with E-state index < -0.39 is 83.9 Å². The minimum absolute atomic E-state index is 0.0156. The van der Waals surface area contributed by atoms with Crippen molar-refractivity contribution in [2.75, 3.05) is 238 Å². The third kappa shape index (κ3) is 87.9. The summed E-state index contributed by atoms with van der Waals surface area (Å²) in [5.74, 6) is -6.71.